The molecular weight excluding hydrogens is 423 g/mol. The SMILES string of the molecule is COc1ccc(F)cc1/C(O)=C1\C(=O)C(=O)N(c2ccccc2)C1c1c[nH]c2ccccc12. The summed E-state index contributed by atoms with van der Waals surface area (Å²) in [6, 6.07) is 18.9. The van der Waals surface area contributed by atoms with Crippen LogP contribution in [0.15, 0.2) is 84.6 Å². The number of para-hydroxylation sites is 2. The van der Waals surface area contributed by atoms with Crippen LogP contribution in [0.25, 0.3) is 16.7 Å². The van der Waals surface area contributed by atoms with Crippen LogP contribution in [-0.2, 0) is 9.59 Å². The summed E-state index contributed by atoms with van der Waals surface area (Å²) in [5.41, 5.74) is 1.80. The van der Waals surface area contributed by atoms with Crippen molar-refractivity contribution < 1.29 is 23.8 Å². The number of amides is 1. The summed E-state index contributed by atoms with van der Waals surface area (Å²) in [6.45, 7) is 0. The summed E-state index contributed by atoms with van der Waals surface area (Å²) < 4.78 is 19.3. The lowest BCUT2D eigenvalue weighted by atomic mass is 9.94. The average molecular weight is 442 g/mol. The van der Waals surface area contributed by atoms with Crippen molar-refractivity contribution in [2.24, 2.45) is 0 Å². The number of benzene rings is 3. The van der Waals surface area contributed by atoms with Gasteiger partial charge in [-0.05, 0) is 36.4 Å². The standard InChI is InChI=1S/C26H19FN2O4/c1-33-21-12-11-15(27)13-18(21)24(30)22-23(19-14-28-20-10-6-5-9-17(19)20)29(26(32)25(22)31)16-7-3-2-4-8-16/h2-14,23,28,30H,1H3/b24-22+. The molecule has 1 unspecified atom stereocenters. The lowest BCUT2D eigenvalue weighted by Gasteiger charge is -2.25. The normalized spacial score (nSPS) is 17.6. The fourth-order valence-corrected chi connectivity index (χ4v) is 4.31. The Kier molecular flexibility index (Phi) is 4.94. The molecule has 2 N–H and O–H groups in total. The zero-order valence-corrected chi connectivity index (χ0v) is 17.6. The van der Waals surface area contributed by atoms with E-state index in [0.29, 0.717) is 11.3 Å². The largest absolute Gasteiger partial charge is 0.507 e. The van der Waals surface area contributed by atoms with E-state index in [4.69, 9.17) is 4.74 Å². The van der Waals surface area contributed by atoms with Crippen LogP contribution in [0, 0.1) is 5.82 Å². The first-order valence-electron chi connectivity index (χ1n) is 10.3. The van der Waals surface area contributed by atoms with Crippen molar-refractivity contribution in [1.29, 1.82) is 0 Å². The van der Waals surface area contributed by atoms with Gasteiger partial charge in [0.2, 0.25) is 0 Å². The number of carbonyl (C=O) groups is 2. The van der Waals surface area contributed by atoms with Gasteiger partial charge in [-0.2, -0.15) is 0 Å². The molecule has 33 heavy (non-hydrogen) atoms. The van der Waals surface area contributed by atoms with E-state index in [2.05, 4.69) is 4.98 Å². The Bertz CT molecular complexity index is 1420. The number of rotatable bonds is 4. The van der Waals surface area contributed by atoms with E-state index in [9.17, 15) is 19.1 Å². The second-order valence-electron chi connectivity index (χ2n) is 7.64. The van der Waals surface area contributed by atoms with Gasteiger partial charge in [0.1, 0.15) is 17.3 Å². The molecule has 6 nitrogen and oxygen atoms in total. The van der Waals surface area contributed by atoms with Crippen molar-refractivity contribution >= 4 is 34.0 Å². The van der Waals surface area contributed by atoms with Gasteiger partial charge in [-0.3, -0.25) is 14.5 Å². The van der Waals surface area contributed by atoms with E-state index in [-0.39, 0.29) is 16.9 Å². The molecule has 2 heterocycles. The van der Waals surface area contributed by atoms with Gasteiger partial charge in [0, 0.05) is 28.4 Å². The number of nitrogens with zero attached hydrogens (tertiary/aromatic N) is 1. The molecule has 1 amide bonds. The van der Waals surface area contributed by atoms with Crippen molar-refractivity contribution in [3.63, 3.8) is 0 Å². The number of aliphatic hydroxyl groups excluding tert-OH is 1. The van der Waals surface area contributed by atoms with Gasteiger partial charge in [0.05, 0.1) is 24.3 Å². The number of ether oxygens (including phenoxy) is 1. The molecule has 0 bridgehead atoms. The molecule has 1 fully saturated rings. The Morgan fingerprint density at radius 3 is 2.52 bits per heavy atom. The summed E-state index contributed by atoms with van der Waals surface area (Å²) >= 11 is 0. The number of carbonyl (C=O) groups excluding carboxylic acids is 2. The van der Waals surface area contributed by atoms with Crippen LogP contribution < -0.4 is 9.64 Å². The van der Waals surface area contributed by atoms with Gasteiger partial charge in [-0.1, -0.05) is 36.4 Å². The Hall–Kier alpha value is -4.39. The molecule has 3 aromatic carbocycles. The number of hydrogen-bond donors (Lipinski definition) is 2. The molecule has 1 aliphatic heterocycles. The minimum atomic E-state index is -0.934. The number of nitrogens with one attached hydrogen (secondary N) is 1. The Balaban J connectivity index is 1.81. The predicted octanol–water partition coefficient (Wildman–Crippen LogP) is 4.94. The Morgan fingerprint density at radius 2 is 1.76 bits per heavy atom. The highest BCUT2D eigenvalue weighted by Gasteiger charge is 2.48. The Morgan fingerprint density at radius 1 is 1.03 bits per heavy atom. The van der Waals surface area contributed by atoms with E-state index >= 15 is 0 Å². The van der Waals surface area contributed by atoms with Gasteiger partial charge >= 0.3 is 0 Å². The number of halogens is 1. The average Bonchev–Trinajstić information content (AvgIpc) is 3.37. The van der Waals surface area contributed by atoms with Crippen LogP contribution in [0.1, 0.15) is 17.2 Å². The van der Waals surface area contributed by atoms with Gasteiger partial charge < -0.3 is 14.8 Å². The van der Waals surface area contributed by atoms with Crippen LogP contribution >= 0.6 is 0 Å². The van der Waals surface area contributed by atoms with Crippen LogP contribution in [0.3, 0.4) is 0 Å². The number of aliphatic hydroxyl groups is 1. The third-order valence-electron chi connectivity index (χ3n) is 5.81. The molecule has 4 aromatic rings. The van der Waals surface area contributed by atoms with E-state index < -0.39 is 29.3 Å². The van der Waals surface area contributed by atoms with Crippen LogP contribution in [-0.4, -0.2) is 28.9 Å². The van der Waals surface area contributed by atoms with Crippen molar-refractivity contribution in [1.82, 2.24) is 4.98 Å². The minimum absolute atomic E-state index is 0.00611. The summed E-state index contributed by atoms with van der Waals surface area (Å²) in [5, 5.41) is 12.1. The smallest absolute Gasteiger partial charge is 0.300 e. The molecule has 1 aliphatic rings. The highest BCUT2D eigenvalue weighted by atomic mass is 19.1. The minimum Gasteiger partial charge on any atom is -0.507 e. The number of aromatic nitrogens is 1. The molecule has 5 rings (SSSR count). The maximum Gasteiger partial charge on any atom is 0.300 e. The molecule has 1 atom stereocenters. The van der Waals surface area contributed by atoms with Crippen molar-refractivity contribution in [3.05, 3.63) is 102 Å². The molecule has 1 aromatic heterocycles. The molecule has 1 saturated heterocycles. The third-order valence-corrected chi connectivity index (χ3v) is 5.81. The number of H-pyrrole nitrogens is 1. The summed E-state index contributed by atoms with van der Waals surface area (Å²) in [7, 11) is 1.38. The molecule has 164 valence electrons. The second-order valence-corrected chi connectivity index (χ2v) is 7.64. The third kappa shape index (κ3) is 3.25. The summed E-state index contributed by atoms with van der Waals surface area (Å²) in [4.78, 5) is 31.0. The van der Waals surface area contributed by atoms with E-state index in [1.807, 2.05) is 24.3 Å². The highest BCUT2D eigenvalue weighted by Crippen LogP contribution is 2.45. The van der Waals surface area contributed by atoms with E-state index in [1.165, 1.54) is 24.1 Å². The molecule has 0 radical (unpaired) electrons. The first-order valence-corrected chi connectivity index (χ1v) is 10.3. The second kappa shape index (κ2) is 7.94. The number of fused-ring (bicyclic) bond motifs is 1. The fourth-order valence-electron chi connectivity index (χ4n) is 4.31. The predicted molar refractivity (Wildman–Crippen MR) is 122 cm³/mol. The highest BCUT2D eigenvalue weighted by molar-refractivity contribution is 6.52. The van der Waals surface area contributed by atoms with Crippen LogP contribution in [0.5, 0.6) is 5.75 Å². The molecule has 0 saturated carbocycles. The number of methoxy groups -OCH3 is 1. The number of anilines is 1. The molecule has 0 spiro atoms. The number of hydrogen-bond acceptors (Lipinski definition) is 4. The van der Waals surface area contributed by atoms with Crippen LogP contribution in [0.2, 0.25) is 0 Å². The van der Waals surface area contributed by atoms with E-state index in [1.54, 1.807) is 36.5 Å². The van der Waals surface area contributed by atoms with Crippen LogP contribution in [0.4, 0.5) is 10.1 Å². The summed E-state index contributed by atoms with van der Waals surface area (Å²) in [6.07, 6.45) is 1.72. The Labute approximate surface area is 188 Å². The zero-order chi connectivity index (χ0) is 23.1. The molecule has 7 heteroatoms. The van der Waals surface area contributed by atoms with Gasteiger partial charge in [0.25, 0.3) is 11.7 Å². The zero-order valence-electron chi connectivity index (χ0n) is 17.6. The molecule has 0 aliphatic carbocycles. The lowest BCUT2D eigenvalue weighted by molar-refractivity contribution is -0.132. The van der Waals surface area contributed by atoms with E-state index in [0.717, 1.165) is 17.0 Å². The molecular formula is C26H19FN2O4. The number of Topliss-reactive ketones (excluding diaryl/α,β-unsaturated/α-hetero) is 1. The topological polar surface area (TPSA) is 82.6 Å². The maximum absolute atomic E-state index is 14.1. The summed E-state index contributed by atoms with van der Waals surface area (Å²) in [5.74, 6) is -2.58. The van der Waals surface area contributed by atoms with Gasteiger partial charge in [-0.15, -0.1) is 0 Å². The quantitative estimate of drug-likeness (QED) is 0.266. The van der Waals surface area contributed by atoms with Gasteiger partial charge in [-0.25, -0.2) is 4.39 Å². The first-order chi connectivity index (χ1) is 16.0. The van der Waals surface area contributed by atoms with Gasteiger partial charge in [0.15, 0.2) is 0 Å². The maximum atomic E-state index is 14.1. The van der Waals surface area contributed by atoms with Crippen molar-refractivity contribution in [2.75, 3.05) is 12.0 Å². The lowest BCUT2D eigenvalue weighted by Crippen LogP contribution is -2.29. The van der Waals surface area contributed by atoms with Crippen molar-refractivity contribution in [2.45, 2.75) is 6.04 Å². The number of ketones is 1. The first kappa shape index (κ1) is 20.5. The fraction of sp³-hybridized carbons (Fsp3) is 0.0769. The number of aromatic amines is 1. The van der Waals surface area contributed by atoms with Crippen molar-refractivity contribution in [3.8, 4) is 5.75 Å². The monoisotopic (exact) mass is 442 g/mol.